The third kappa shape index (κ3) is 4.06. The van der Waals surface area contributed by atoms with E-state index in [9.17, 15) is 4.79 Å². The van der Waals surface area contributed by atoms with Crippen molar-refractivity contribution in [2.24, 2.45) is 5.41 Å². The Labute approximate surface area is 126 Å². The molecule has 0 aliphatic carbocycles. The van der Waals surface area contributed by atoms with Gasteiger partial charge in [0.25, 0.3) is 0 Å². The molecule has 1 fully saturated rings. The van der Waals surface area contributed by atoms with Gasteiger partial charge in [-0.2, -0.15) is 0 Å². The van der Waals surface area contributed by atoms with E-state index in [0.29, 0.717) is 6.54 Å². The summed E-state index contributed by atoms with van der Waals surface area (Å²) in [7, 11) is 1.83. The molecule has 1 aromatic heterocycles. The van der Waals surface area contributed by atoms with Crippen molar-refractivity contribution in [2.75, 3.05) is 43.4 Å². The van der Waals surface area contributed by atoms with Crippen molar-refractivity contribution >= 4 is 17.5 Å². The Morgan fingerprint density at radius 3 is 2.76 bits per heavy atom. The van der Waals surface area contributed by atoms with E-state index in [1.807, 2.05) is 18.0 Å². The predicted molar refractivity (Wildman–Crippen MR) is 84.4 cm³/mol. The van der Waals surface area contributed by atoms with Crippen LogP contribution in [0.25, 0.3) is 0 Å². The molecule has 1 aliphatic heterocycles. The number of piperazine rings is 1. The van der Waals surface area contributed by atoms with Crippen molar-refractivity contribution in [1.29, 1.82) is 0 Å². The lowest BCUT2D eigenvalue weighted by atomic mass is 9.90. The zero-order valence-corrected chi connectivity index (χ0v) is 13.4. The number of carbonyl (C=O) groups is 1. The number of anilines is 2. The van der Waals surface area contributed by atoms with Gasteiger partial charge in [0, 0.05) is 32.7 Å². The highest BCUT2D eigenvalue weighted by Gasteiger charge is 2.22. The molecule has 0 radical (unpaired) electrons. The quantitative estimate of drug-likeness (QED) is 0.893. The van der Waals surface area contributed by atoms with E-state index in [4.69, 9.17) is 0 Å². The molecule has 1 aromatic rings. The third-order valence-corrected chi connectivity index (χ3v) is 4.14. The lowest BCUT2D eigenvalue weighted by Crippen LogP contribution is -2.48. The number of hydrogen-bond acceptors (Lipinski definition) is 5. The first-order valence-corrected chi connectivity index (χ1v) is 7.46. The van der Waals surface area contributed by atoms with Crippen molar-refractivity contribution in [1.82, 2.24) is 14.9 Å². The summed E-state index contributed by atoms with van der Waals surface area (Å²) in [5.74, 6) is 1.75. The Bertz CT molecular complexity index is 503. The van der Waals surface area contributed by atoms with Crippen molar-refractivity contribution in [2.45, 2.75) is 27.2 Å². The summed E-state index contributed by atoms with van der Waals surface area (Å²) in [6.45, 7) is 9.41. The number of likely N-dealkylation sites (N-methyl/N-ethyl adjacent to an activating group) is 1. The smallest absolute Gasteiger partial charge is 0.241 e. The van der Waals surface area contributed by atoms with Crippen molar-refractivity contribution in [3.8, 4) is 0 Å². The molecule has 1 saturated heterocycles. The second-order valence-electron chi connectivity index (χ2n) is 6.37. The molecular formula is C15H25N5O. The molecule has 0 atom stereocenters. The van der Waals surface area contributed by atoms with Gasteiger partial charge in [0.2, 0.25) is 5.91 Å². The summed E-state index contributed by atoms with van der Waals surface area (Å²) in [6.07, 6.45) is 2.66. The maximum Gasteiger partial charge on any atom is 0.241 e. The lowest BCUT2D eigenvalue weighted by Gasteiger charge is -2.32. The van der Waals surface area contributed by atoms with Gasteiger partial charge in [-0.25, -0.2) is 9.97 Å². The summed E-state index contributed by atoms with van der Waals surface area (Å²) in [4.78, 5) is 24.1. The molecule has 116 valence electrons. The van der Waals surface area contributed by atoms with Gasteiger partial charge >= 0.3 is 0 Å². The summed E-state index contributed by atoms with van der Waals surface area (Å²) >= 11 is 0. The molecule has 6 nitrogen and oxygen atoms in total. The van der Waals surface area contributed by atoms with Crippen LogP contribution in [0.1, 0.15) is 27.2 Å². The molecule has 0 bridgehead atoms. The molecule has 0 aromatic carbocycles. The number of carbonyl (C=O) groups excluding carboxylic acids is 1. The summed E-state index contributed by atoms with van der Waals surface area (Å²) in [5, 5.41) is 3.36. The largest absolute Gasteiger partial charge is 0.369 e. The van der Waals surface area contributed by atoms with Crippen LogP contribution in [0.3, 0.4) is 0 Å². The highest BCUT2D eigenvalue weighted by molar-refractivity contribution is 5.82. The van der Waals surface area contributed by atoms with Crippen LogP contribution in [-0.4, -0.2) is 54.0 Å². The number of amides is 1. The number of nitrogens with one attached hydrogen (secondary N) is 1. The summed E-state index contributed by atoms with van der Waals surface area (Å²) in [5.41, 5.74) is 0.231. The van der Waals surface area contributed by atoms with Gasteiger partial charge in [0.1, 0.15) is 18.0 Å². The van der Waals surface area contributed by atoms with Crippen LogP contribution in [0.15, 0.2) is 12.4 Å². The summed E-state index contributed by atoms with van der Waals surface area (Å²) < 4.78 is 0. The first-order chi connectivity index (χ1) is 9.91. The Kier molecular flexibility index (Phi) is 4.65. The molecule has 1 N–H and O–H groups in total. The van der Waals surface area contributed by atoms with Crippen molar-refractivity contribution in [3.05, 3.63) is 12.4 Å². The fourth-order valence-corrected chi connectivity index (χ4v) is 2.03. The van der Waals surface area contributed by atoms with E-state index in [2.05, 4.69) is 36.1 Å². The minimum atomic E-state index is 0.126. The van der Waals surface area contributed by atoms with Crippen LogP contribution < -0.4 is 10.2 Å². The van der Waals surface area contributed by atoms with Gasteiger partial charge in [-0.1, -0.05) is 20.8 Å². The van der Waals surface area contributed by atoms with E-state index in [1.54, 1.807) is 11.2 Å². The maximum atomic E-state index is 11.8. The fraction of sp³-hybridized carbons (Fsp3) is 0.667. The molecular weight excluding hydrogens is 266 g/mol. The average molecular weight is 291 g/mol. The topological polar surface area (TPSA) is 61.4 Å². The highest BCUT2D eigenvalue weighted by Crippen LogP contribution is 2.21. The highest BCUT2D eigenvalue weighted by atomic mass is 16.2. The molecule has 2 rings (SSSR count). The van der Waals surface area contributed by atoms with E-state index >= 15 is 0 Å². The van der Waals surface area contributed by atoms with Gasteiger partial charge in [-0.15, -0.1) is 0 Å². The van der Waals surface area contributed by atoms with E-state index in [0.717, 1.165) is 37.7 Å². The number of hydrogen-bond donors (Lipinski definition) is 1. The fourth-order valence-electron chi connectivity index (χ4n) is 2.03. The van der Waals surface area contributed by atoms with Crippen molar-refractivity contribution < 1.29 is 4.79 Å². The van der Waals surface area contributed by atoms with Gasteiger partial charge in [0.15, 0.2) is 0 Å². The van der Waals surface area contributed by atoms with Crippen LogP contribution in [-0.2, 0) is 4.79 Å². The molecule has 0 unspecified atom stereocenters. The third-order valence-electron chi connectivity index (χ3n) is 4.14. The molecule has 6 heteroatoms. The van der Waals surface area contributed by atoms with E-state index < -0.39 is 0 Å². The predicted octanol–water partition coefficient (Wildman–Crippen LogP) is 1.60. The van der Waals surface area contributed by atoms with Gasteiger partial charge < -0.3 is 15.1 Å². The minimum Gasteiger partial charge on any atom is -0.369 e. The monoisotopic (exact) mass is 291 g/mol. The molecule has 2 heterocycles. The molecule has 1 amide bonds. The molecule has 1 aliphatic rings. The van der Waals surface area contributed by atoms with E-state index in [1.165, 1.54) is 0 Å². The average Bonchev–Trinajstić information content (AvgIpc) is 2.48. The normalized spacial score (nSPS) is 16.3. The minimum absolute atomic E-state index is 0.126. The molecule has 0 spiro atoms. The Balaban J connectivity index is 2.02. The first kappa shape index (κ1) is 15.5. The van der Waals surface area contributed by atoms with Crippen LogP contribution in [0.5, 0.6) is 0 Å². The number of aromatic nitrogens is 2. The molecule has 21 heavy (non-hydrogen) atoms. The first-order valence-electron chi connectivity index (χ1n) is 7.46. The van der Waals surface area contributed by atoms with Gasteiger partial charge in [0.05, 0.1) is 6.54 Å². The van der Waals surface area contributed by atoms with Crippen LogP contribution in [0, 0.1) is 5.41 Å². The maximum absolute atomic E-state index is 11.8. The summed E-state index contributed by atoms with van der Waals surface area (Å²) in [6, 6.07) is 1.92. The zero-order valence-electron chi connectivity index (χ0n) is 13.4. The zero-order chi connectivity index (χ0) is 15.5. The second kappa shape index (κ2) is 6.28. The number of rotatable bonds is 5. The van der Waals surface area contributed by atoms with Gasteiger partial charge in [-0.05, 0) is 11.8 Å². The second-order valence-corrected chi connectivity index (χ2v) is 6.37. The molecule has 0 saturated carbocycles. The van der Waals surface area contributed by atoms with Crippen LogP contribution >= 0.6 is 0 Å². The van der Waals surface area contributed by atoms with Crippen LogP contribution in [0.2, 0.25) is 0 Å². The van der Waals surface area contributed by atoms with Crippen LogP contribution in [0.4, 0.5) is 11.6 Å². The standard InChI is InChI=1S/C15H25N5O/c1-5-15(2,3)10-16-12-8-13(18-11-17-12)20-7-6-19(4)14(21)9-20/h8,11H,5-7,9-10H2,1-4H3,(H,16,17,18). The Morgan fingerprint density at radius 1 is 1.33 bits per heavy atom. The van der Waals surface area contributed by atoms with E-state index in [-0.39, 0.29) is 11.3 Å². The van der Waals surface area contributed by atoms with Crippen molar-refractivity contribution in [3.63, 3.8) is 0 Å². The lowest BCUT2D eigenvalue weighted by molar-refractivity contribution is -0.129. The van der Waals surface area contributed by atoms with Gasteiger partial charge in [-0.3, -0.25) is 4.79 Å². The number of nitrogens with zero attached hydrogens (tertiary/aromatic N) is 4. The Morgan fingerprint density at radius 2 is 2.10 bits per heavy atom. The Hall–Kier alpha value is -1.85. The SMILES string of the molecule is CCC(C)(C)CNc1cc(N2CCN(C)C(=O)C2)ncn1.